The van der Waals surface area contributed by atoms with Crippen LogP contribution in [0.1, 0.15) is 38.5 Å². The maximum absolute atomic E-state index is 8.02. The fraction of sp³-hybridized carbons (Fsp3) is 0.171. The zero-order valence-corrected chi connectivity index (χ0v) is 30.2. The summed E-state index contributed by atoms with van der Waals surface area (Å²) < 4.78 is 79.9. The molecule has 3 heterocycles. The number of fused-ring (bicyclic) bond motifs is 3. The monoisotopic (exact) mass is 850 g/mol. The summed E-state index contributed by atoms with van der Waals surface area (Å²) in [7, 11) is 0. The second kappa shape index (κ2) is 13.9. The largest absolute Gasteiger partial charge is 0 e. The summed E-state index contributed by atoms with van der Waals surface area (Å²) in [4.78, 5) is 8.84. The molecule has 0 saturated heterocycles. The molecule has 3 nitrogen and oxygen atoms in total. The minimum atomic E-state index is -3.37. The molecule has 0 aliphatic carbocycles. The third kappa shape index (κ3) is 7.42. The Hall–Kier alpha value is -3.83. The van der Waals surface area contributed by atoms with E-state index in [0.717, 1.165) is 39.2 Å². The van der Waals surface area contributed by atoms with Crippen LogP contribution in [0, 0.1) is 12.1 Å². The van der Waals surface area contributed by atoms with Crippen molar-refractivity contribution < 1.29 is 36.9 Å². The molecule has 5 heteroatoms. The van der Waals surface area contributed by atoms with E-state index in [1.165, 1.54) is 16.7 Å². The molecule has 7 aromatic rings. The number of rotatable bonds is 4. The Kier molecular flexibility index (Phi) is 7.09. The van der Waals surface area contributed by atoms with Gasteiger partial charge in [0.1, 0.15) is 5.58 Å². The van der Waals surface area contributed by atoms with Gasteiger partial charge in [-0.05, 0) is 39.9 Å². The van der Waals surface area contributed by atoms with Gasteiger partial charge in [-0.3, -0.25) is 0 Å². The predicted octanol–water partition coefficient (Wildman–Crippen LogP) is 10.5. The topological polar surface area (TPSA) is 38.9 Å². The molecular formula is C41H38GeIrN2O-2. The third-order valence-corrected chi connectivity index (χ3v) is 11.9. The van der Waals surface area contributed by atoms with Gasteiger partial charge in [0.25, 0.3) is 0 Å². The van der Waals surface area contributed by atoms with E-state index >= 15 is 0 Å². The zero-order chi connectivity index (χ0) is 39.1. The van der Waals surface area contributed by atoms with Gasteiger partial charge < -0.3 is 9.40 Å². The molecule has 233 valence electrons. The average Bonchev–Trinajstić information content (AvgIpc) is 3.49. The van der Waals surface area contributed by atoms with Gasteiger partial charge in [0.15, 0.2) is 0 Å². The second-order valence-corrected chi connectivity index (χ2v) is 22.6. The Bertz CT molecular complexity index is 2350. The van der Waals surface area contributed by atoms with Crippen molar-refractivity contribution in [2.24, 2.45) is 0 Å². The smallest absolute Gasteiger partial charge is 0 e. The second-order valence-electron chi connectivity index (χ2n) is 11.9. The Morgan fingerprint density at radius 2 is 1.52 bits per heavy atom. The summed E-state index contributed by atoms with van der Waals surface area (Å²) in [6.45, 7) is -10.1. The molecule has 0 aliphatic heterocycles. The van der Waals surface area contributed by atoms with E-state index in [1.54, 1.807) is 6.07 Å². The van der Waals surface area contributed by atoms with Crippen LogP contribution >= 0.6 is 0 Å². The number of benzene rings is 4. The van der Waals surface area contributed by atoms with Gasteiger partial charge in [-0.25, -0.2) is 0 Å². The van der Waals surface area contributed by atoms with E-state index in [0.29, 0.717) is 16.7 Å². The summed E-state index contributed by atoms with van der Waals surface area (Å²) in [6, 6.07) is 40.0. The number of hydrogen-bond acceptors (Lipinski definition) is 3. The van der Waals surface area contributed by atoms with Crippen LogP contribution in [0.2, 0.25) is 17.3 Å². The fourth-order valence-corrected chi connectivity index (χ4v) is 7.26. The Morgan fingerprint density at radius 1 is 0.717 bits per heavy atom. The first-order chi connectivity index (χ1) is 25.3. The molecular weight excluding hydrogens is 801 g/mol. The van der Waals surface area contributed by atoms with Crippen molar-refractivity contribution in [3.8, 4) is 33.6 Å². The van der Waals surface area contributed by atoms with E-state index in [1.807, 2.05) is 85.1 Å². The summed E-state index contributed by atoms with van der Waals surface area (Å²) in [5, 5.41) is 1.60. The normalized spacial score (nSPS) is 15.2. The van der Waals surface area contributed by atoms with Crippen LogP contribution in [0.4, 0.5) is 0 Å². The molecule has 0 spiro atoms. The van der Waals surface area contributed by atoms with Crippen LogP contribution in [0.5, 0.6) is 0 Å². The van der Waals surface area contributed by atoms with Crippen LogP contribution in [0.25, 0.3) is 55.6 Å². The summed E-state index contributed by atoms with van der Waals surface area (Å²) >= 11 is -1.72. The molecule has 0 aliphatic rings. The Balaban J connectivity index is 0.000000286. The van der Waals surface area contributed by atoms with E-state index in [-0.39, 0.29) is 31.4 Å². The van der Waals surface area contributed by atoms with Gasteiger partial charge in [0, 0.05) is 44.0 Å². The van der Waals surface area contributed by atoms with Gasteiger partial charge >= 0.3 is 99.8 Å². The van der Waals surface area contributed by atoms with Crippen molar-refractivity contribution in [1.29, 1.82) is 0 Å². The number of hydrogen-bond donors (Lipinski definition) is 0. The van der Waals surface area contributed by atoms with Crippen molar-refractivity contribution in [3.63, 3.8) is 0 Å². The first kappa shape index (κ1) is 23.5. The molecule has 7 rings (SSSR count). The van der Waals surface area contributed by atoms with E-state index in [9.17, 15) is 0 Å². The van der Waals surface area contributed by atoms with E-state index in [2.05, 4.69) is 51.5 Å². The van der Waals surface area contributed by atoms with Gasteiger partial charge in [-0.15, -0.1) is 18.2 Å². The first-order valence-corrected chi connectivity index (χ1v) is 22.0. The molecule has 0 saturated carbocycles. The molecule has 0 fully saturated rings. The molecule has 0 N–H and O–H groups in total. The van der Waals surface area contributed by atoms with Crippen molar-refractivity contribution in [2.45, 2.75) is 43.2 Å². The summed E-state index contributed by atoms with van der Waals surface area (Å²) in [5.41, 5.74) is 2.08. The average molecular weight is 849 g/mol. The van der Waals surface area contributed by atoms with Crippen LogP contribution < -0.4 is 4.40 Å². The minimum absolute atomic E-state index is 0. The maximum atomic E-state index is 8.02. The SMILES string of the molecule is [2H]C([2H])([2H])C(c1ccnc(-c2[c-]ccc3c2oc2cc(-c4ccccc4)ccc23)c1)(C([2H])([2H])[2H])C([2H])([2H])[2H].[CH3][Ge]([CH3])([CH3])[c]1ccc(-c2[c-]cccc2)nc1.[Ir]. The van der Waals surface area contributed by atoms with Crippen molar-refractivity contribution in [3.05, 3.63) is 139 Å². The van der Waals surface area contributed by atoms with Crippen molar-refractivity contribution in [1.82, 2.24) is 9.97 Å². The molecule has 3 aromatic heterocycles. The number of pyridine rings is 2. The standard InChI is InChI=1S/C27H22NO.C14H16GeN.Ir/c1-27(2,3)20-14-15-28-24(17-20)23-11-7-10-22-21-13-12-19(16-25(21)29-26(22)23)18-8-5-4-6-9-18;1-15(2,3)13-9-10-14(16-11-13)12-7-5-4-6-8-12;/h4-10,12-17H,1-3H3;4-7,9-11H,1-3H3;/q2*-1;/i1D3,2D3,3D3;;. The van der Waals surface area contributed by atoms with Gasteiger partial charge in [-0.2, -0.15) is 0 Å². The van der Waals surface area contributed by atoms with Crippen molar-refractivity contribution in [2.75, 3.05) is 0 Å². The van der Waals surface area contributed by atoms with Gasteiger partial charge in [0.05, 0.1) is 5.58 Å². The van der Waals surface area contributed by atoms with E-state index < -0.39 is 39.2 Å². The van der Waals surface area contributed by atoms with Gasteiger partial charge in [0.2, 0.25) is 0 Å². The van der Waals surface area contributed by atoms with Crippen LogP contribution in [0.3, 0.4) is 0 Å². The Morgan fingerprint density at radius 3 is 2.22 bits per heavy atom. The Labute approximate surface area is 301 Å². The zero-order valence-electron chi connectivity index (χ0n) is 34.7. The van der Waals surface area contributed by atoms with Crippen molar-refractivity contribution >= 4 is 39.6 Å². The van der Waals surface area contributed by atoms with Crippen LogP contribution in [0.15, 0.2) is 126 Å². The predicted molar refractivity (Wildman–Crippen MR) is 191 cm³/mol. The third-order valence-electron chi connectivity index (χ3n) is 7.60. The summed E-state index contributed by atoms with van der Waals surface area (Å²) in [5.74, 6) is 7.14. The summed E-state index contributed by atoms with van der Waals surface area (Å²) in [6.07, 6.45) is 3.25. The first-order valence-electron chi connectivity index (χ1n) is 19.2. The molecule has 0 atom stereocenters. The minimum Gasteiger partial charge on any atom is 0 e. The molecule has 0 amide bonds. The van der Waals surface area contributed by atoms with Crippen LogP contribution in [-0.2, 0) is 25.5 Å². The number of nitrogens with zero attached hydrogens (tertiary/aromatic N) is 2. The molecule has 1 radical (unpaired) electrons. The fourth-order valence-electron chi connectivity index (χ4n) is 5.09. The number of aromatic nitrogens is 2. The molecule has 0 bridgehead atoms. The maximum Gasteiger partial charge on any atom is 0 e. The quantitative estimate of drug-likeness (QED) is 0.131. The molecule has 0 unspecified atom stereocenters. The molecule has 46 heavy (non-hydrogen) atoms. The number of furan rings is 1. The molecule has 4 aromatic carbocycles. The van der Waals surface area contributed by atoms with Crippen LogP contribution in [-0.4, -0.2) is 23.2 Å². The van der Waals surface area contributed by atoms with Gasteiger partial charge in [-0.1, -0.05) is 80.0 Å². The van der Waals surface area contributed by atoms with E-state index in [4.69, 9.17) is 16.8 Å².